The largest absolute Gasteiger partial charge is 0.465 e. The molecular weight excluding hydrogens is 232 g/mol. The van der Waals surface area contributed by atoms with Crippen molar-refractivity contribution >= 4 is 17.7 Å². The standard InChI is InChI=1S/C12H14N4O2/c1-18-12(17)10-5-6-11(13)9(8-10)4-2-3-7-15-16-14/h2,4-6,8H,3,7,13H2,1H3. The van der Waals surface area contributed by atoms with Crippen LogP contribution in [-0.4, -0.2) is 19.6 Å². The molecule has 1 rings (SSSR count). The SMILES string of the molecule is COC(=O)c1ccc(N)c(C=CCCN=[N+]=[N-])c1. The number of carbonyl (C=O) groups excluding carboxylic acids is 1. The fourth-order valence-electron chi connectivity index (χ4n) is 1.35. The maximum absolute atomic E-state index is 11.3. The lowest BCUT2D eigenvalue weighted by atomic mass is 10.1. The lowest BCUT2D eigenvalue weighted by Gasteiger charge is -2.03. The van der Waals surface area contributed by atoms with Crippen molar-refractivity contribution in [2.24, 2.45) is 5.11 Å². The molecule has 6 nitrogen and oxygen atoms in total. The smallest absolute Gasteiger partial charge is 0.337 e. The monoisotopic (exact) mass is 246 g/mol. The molecule has 0 saturated carbocycles. The van der Waals surface area contributed by atoms with Crippen LogP contribution in [0.3, 0.4) is 0 Å². The first-order valence-electron chi connectivity index (χ1n) is 5.34. The van der Waals surface area contributed by atoms with Gasteiger partial charge in [-0.25, -0.2) is 4.79 Å². The van der Waals surface area contributed by atoms with Gasteiger partial charge in [-0.3, -0.25) is 0 Å². The third kappa shape index (κ3) is 3.84. The number of anilines is 1. The Morgan fingerprint density at radius 3 is 3.06 bits per heavy atom. The molecular formula is C12H14N4O2. The molecule has 0 bridgehead atoms. The number of ether oxygens (including phenoxy) is 1. The second-order valence-corrected chi connectivity index (χ2v) is 3.48. The first-order chi connectivity index (χ1) is 8.69. The number of azide groups is 1. The molecule has 18 heavy (non-hydrogen) atoms. The van der Waals surface area contributed by atoms with Gasteiger partial charge in [-0.1, -0.05) is 17.3 Å². The lowest BCUT2D eigenvalue weighted by Crippen LogP contribution is -2.02. The quantitative estimate of drug-likeness (QED) is 0.216. The van der Waals surface area contributed by atoms with E-state index in [1.807, 2.05) is 6.08 Å². The fraction of sp³-hybridized carbons (Fsp3) is 0.250. The Kier molecular flexibility index (Phi) is 5.28. The highest BCUT2D eigenvalue weighted by molar-refractivity contribution is 5.91. The van der Waals surface area contributed by atoms with Crippen LogP contribution in [0.5, 0.6) is 0 Å². The topological polar surface area (TPSA) is 101 Å². The molecule has 0 radical (unpaired) electrons. The number of esters is 1. The summed E-state index contributed by atoms with van der Waals surface area (Å²) < 4.78 is 4.63. The number of hydrogen-bond donors (Lipinski definition) is 1. The Bertz CT molecular complexity index is 505. The Morgan fingerprint density at radius 1 is 1.61 bits per heavy atom. The van der Waals surface area contributed by atoms with E-state index in [1.54, 1.807) is 24.3 Å². The number of carbonyl (C=O) groups is 1. The van der Waals surface area contributed by atoms with E-state index in [1.165, 1.54) is 7.11 Å². The van der Waals surface area contributed by atoms with Crippen LogP contribution in [0.25, 0.3) is 16.5 Å². The number of nitrogens with zero attached hydrogens (tertiary/aromatic N) is 3. The van der Waals surface area contributed by atoms with E-state index in [-0.39, 0.29) is 0 Å². The maximum atomic E-state index is 11.3. The van der Waals surface area contributed by atoms with Gasteiger partial charge in [0.05, 0.1) is 12.7 Å². The number of rotatable bonds is 5. The summed E-state index contributed by atoms with van der Waals surface area (Å²) in [4.78, 5) is 14.0. The van der Waals surface area contributed by atoms with Gasteiger partial charge in [0.25, 0.3) is 0 Å². The zero-order valence-corrected chi connectivity index (χ0v) is 10.0. The number of nitrogen functional groups attached to an aromatic ring is 1. The van der Waals surface area contributed by atoms with E-state index in [2.05, 4.69) is 14.8 Å². The average Bonchev–Trinajstić information content (AvgIpc) is 2.39. The van der Waals surface area contributed by atoms with E-state index in [0.29, 0.717) is 24.2 Å². The van der Waals surface area contributed by atoms with Crippen molar-refractivity contribution in [3.63, 3.8) is 0 Å². The van der Waals surface area contributed by atoms with E-state index < -0.39 is 5.97 Å². The summed E-state index contributed by atoms with van der Waals surface area (Å²) in [6, 6.07) is 4.92. The van der Waals surface area contributed by atoms with Crippen LogP contribution in [0.2, 0.25) is 0 Å². The number of benzene rings is 1. The molecule has 0 aromatic heterocycles. The zero-order valence-electron chi connectivity index (χ0n) is 10.0. The molecule has 0 unspecified atom stereocenters. The van der Waals surface area contributed by atoms with Crippen LogP contribution >= 0.6 is 0 Å². The van der Waals surface area contributed by atoms with E-state index in [9.17, 15) is 4.79 Å². The molecule has 0 amide bonds. The summed E-state index contributed by atoms with van der Waals surface area (Å²) in [5.74, 6) is -0.404. The fourth-order valence-corrected chi connectivity index (χ4v) is 1.35. The molecule has 1 aromatic carbocycles. The van der Waals surface area contributed by atoms with E-state index in [4.69, 9.17) is 11.3 Å². The van der Waals surface area contributed by atoms with Crippen LogP contribution in [0.4, 0.5) is 5.69 Å². The van der Waals surface area contributed by atoms with Gasteiger partial charge >= 0.3 is 5.97 Å². The average molecular weight is 246 g/mol. The number of nitrogens with two attached hydrogens (primary N) is 1. The van der Waals surface area contributed by atoms with Crippen molar-refractivity contribution in [3.8, 4) is 0 Å². The number of methoxy groups -OCH3 is 1. The van der Waals surface area contributed by atoms with Crippen LogP contribution in [0.1, 0.15) is 22.3 Å². The van der Waals surface area contributed by atoms with Gasteiger partial charge in [0.15, 0.2) is 0 Å². The van der Waals surface area contributed by atoms with E-state index in [0.717, 1.165) is 5.56 Å². The van der Waals surface area contributed by atoms with Crippen molar-refractivity contribution in [2.75, 3.05) is 19.4 Å². The Balaban J connectivity index is 2.80. The van der Waals surface area contributed by atoms with Gasteiger partial charge in [0.1, 0.15) is 0 Å². The molecule has 94 valence electrons. The van der Waals surface area contributed by atoms with Crippen LogP contribution in [0.15, 0.2) is 29.4 Å². The minimum absolute atomic E-state index is 0.392. The highest BCUT2D eigenvalue weighted by atomic mass is 16.5. The summed E-state index contributed by atoms with van der Waals surface area (Å²) in [5.41, 5.74) is 15.7. The van der Waals surface area contributed by atoms with Crippen molar-refractivity contribution in [1.82, 2.24) is 0 Å². The molecule has 6 heteroatoms. The molecule has 0 aliphatic carbocycles. The normalized spacial score (nSPS) is 10.1. The molecule has 0 spiro atoms. The molecule has 0 fully saturated rings. The summed E-state index contributed by atoms with van der Waals surface area (Å²) >= 11 is 0. The Hall–Kier alpha value is -2.46. The third-order valence-electron chi connectivity index (χ3n) is 2.26. The van der Waals surface area contributed by atoms with Crippen LogP contribution < -0.4 is 5.73 Å². The molecule has 2 N–H and O–H groups in total. The van der Waals surface area contributed by atoms with Gasteiger partial charge in [0.2, 0.25) is 0 Å². The lowest BCUT2D eigenvalue weighted by molar-refractivity contribution is 0.0601. The second-order valence-electron chi connectivity index (χ2n) is 3.48. The first-order valence-corrected chi connectivity index (χ1v) is 5.34. The summed E-state index contributed by atoms with van der Waals surface area (Å²) in [6.07, 6.45) is 4.24. The maximum Gasteiger partial charge on any atom is 0.337 e. The predicted octanol–water partition coefficient (Wildman–Crippen LogP) is 2.77. The molecule has 0 aliphatic heterocycles. The predicted molar refractivity (Wildman–Crippen MR) is 69.9 cm³/mol. The summed E-state index contributed by atoms with van der Waals surface area (Å²) in [5, 5.41) is 3.41. The minimum atomic E-state index is -0.404. The summed E-state index contributed by atoms with van der Waals surface area (Å²) in [6.45, 7) is 0.392. The minimum Gasteiger partial charge on any atom is -0.465 e. The molecule has 0 aliphatic rings. The first kappa shape index (κ1) is 13.6. The van der Waals surface area contributed by atoms with Crippen molar-refractivity contribution < 1.29 is 9.53 Å². The van der Waals surface area contributed by atoms with Gasteiger partial charge < -0.3 is 10.5 Å². The molecule has 0 heterocycles. The highest BCUT2D eigenvalue weighted by Gasteiger charge is 2.06. The van der Waals surface area contributed by atoms with Crippen LogP contribution in [-0.2, 0) is 4.74 Å². The van der Waals surface area contributed by atoms with Crippen molar-refractivity contribution in [1.29, 1.82) is 0 Å². The molecule has 0 atom stereocenters. The third-order valence-corrected chi connectivity index (χ3v) is 2.26. The highest BCUT2D eigenvalue weighted by Crippen LogP contribution is 2.16. The van der Waals surface area contributed by atoms with Gasteiger partial charge in [-0.05, 0) is 35.7 Å². The second kappa shape index (κ2) is 6.98. The van der Waals surface area contributed by atoms with Gasteiger partial charge in [-0.2, -0.15) is 0 Å². The van der Waals surface area contributed by atoms with Crippen molar-refractivity contribution in [2.45, 2.75) is 6.42 Å². The van der Waals surface area contributed by atoms with Gasteiger partial charge in [-0.15, -0.1) is 0 Å². The Labute approximate surface area is 105 Å². The van der Waals surface area contributed by atoms with Gasteiger partial charge in [0, 0.05) is 17.1 Å². The van der Waals surface area contributed by atoms with Crippen LogP contribution in [0, 0.1) is 0 Å². The zero-order chi connectivity index (χ0) is 13.4. The number of hydrogen-bond acceptors (Lipinski definition) is 4. The molecule has 1 aromatic rings. The Morgan fingerprint density at radius 2 is 2.39 bits per heavy atom. The van der Waals surface area contributed by atoms with E-state index >= 15 is 0 Å². The van der Waals surface area contributed by atoms with Crippen molar-refractivity contribution in [3.05, 3.63) is 45.8 Å². The summed E-state index contributed by atoms with van der Waals surface area (Å²) in [7, 11) is 1.33. The molecule has 0 saturated heterocycles.